The number of rotatable bonds is 2. The van der Waals surface area contributed by atoms with Crippen molar-refractivity contribution in [2.45, 2.75) is 0 Å². The van der Waals surface area contributed by atoms with Gasteiger partial charge in [-0.15, -0.1) is 0 Å². The number of aromatic nitrogens is 3. The molecule has 0 saturated carbocycles. The molecule has 1 rings (SSSR count). The van der Waals surface area contributed by atoms with Gasteiger partial charge in [-0.3, -0.25) is 9.59 Å². The Morgan fingerprint density at radius 2 is 2.00 bits per heavy atom. The molecule has 5 heteroatoms. The van der Waals surface area contributed by atoms with Crippen molar-refractivity contribution in [1.29, 1.82) is 0 Å². The molecule has 5 nitrogen and oxygen atoms in total. The zero-order valence-electron chi connectivity index (χ0n) is 4.89. The number of carbonyl (C=O) groups excluding carboxylic acids is 2. The summed E-state index contributed by atoms with van der Waals surface area (Å²) in [5.74, 6) is -0.854. The van der Waals surface area contributed by atoms with Gasteiger partial charge in [-0.05, 0) is 0 Å². The van der Waals surface area contributed by atoms with Crippen LogP contribution in [0.1, 0.15) is 10.6 Å². The SMILES string of the molecule is O=CC(=O)c1ncncn1. The average molecular weight is 137 g/mol. The molecule has 0 aromatic carbocycles. The van der Waals surface area contributed by atoms with E-state index in [0.717, 1.165) is 12.7 Å². The largest absolute Gasteiger partial charge is 0.294 e. The van der Waals surface area contributed by atoms with E-state index in [1.807, 2.05) is 0 Å². The fraction of sp³-hybridized carbons (Fsp3) is 0. The summed E-state index contributed by atoms with van der Waals surface area (Å²) in [6.07, 6.45) is 2.47. The second-order valence-corrected chi connectivity index (χ2v) is 1.44. The van der Waals surface area contributed by atoms with E-state index in [1.54, 1.807) is 0 Å². The first-order valence-electron chi connectivity index (χ1n) is 2.46. The molecule has 0 radical (unpaired) electrons. The van der Waals surface area contributed by atoms with Gasteiger partial charge >= 0.3 is 0 Å². The summed E-state index contributed by atoms with van der Waals surface area (Å²) in [5.41, 5.74) is 0. The molecule has 10 heavy (non-hydrogen) atoms. The van der Waals surface area contributed by atoms with Crippen LogP contribution >= 0.6 is 0 Å². The molecular weight excluding hydrogens is 134 g/mol. The number of carbonyl (C=O) groups is 2. The van der Waals surface area contributed by atoms with Crippen LogP contribution in [0.2, 0.25) is 0 Å². The molecule has 0 amide bonds. The van der Waals surface area contributed by atoms with E-state index in [2.05, 4.69) is 15.0 Å². The van der Waals surface area contributed by atoms with Crippen LogP contribution < -0.4 is 0 Å². The van der Waals surface area contributed by atoms with E-state index in [0.29, 0.717) is 0 Å². The number of hydrogen-bond donors (Lipinski definition) is 0. The Kier molecular flexibility index (Phi) is 1.79. The van der Waals surface area contributed by atoms with Crippen LogP contribution in [-0.2, 0) is 4.79 Å². The van der Waals surface area contributed by atoms with Crippen LogP contribution in [0.5, 0.6) is 0 Å². The van der Waals surface area contributed by atoms with Crippen LogP contribution in [0.3, 0.4) is 0 Å². The lowest BCUT2D eigenvalue weighted by Crippen LogP contribution is -2.05. The standard InChI is InChI=1S/C5H3N3O2/c9-1-4(10)5-7-2-6-3-8-5/h1-3H. The maximum absolute atomic E-state index is 10.5. The highest BCUT2D eigenvalue weighted by atomic mass is 16.2. The van der Waals surface area contributed by atoms with Gasteiger partial charge in [-0.2, -0.15) is 0 Å². The first kappa shape index (κ1) is 6.47. The lowest BCUT2D eigenvalue weighted by Gasteiger charge is -1.86. The van der Waals surface area contributed by atoms with Crippen LogP contribution in [-0.4, -0.2) is 27.0 Å². The summed E-state index contributed by atoms with van der Waals surface area (Å²) in [6, 6.07) is 0. The normalized spacial score (nSPS) is 8.80. The number of nitrogens with zero attached hydrogens (tertiary/aromatic N) is 3. The third kappa shape index (κ3) is 1.19. The molecule has 1 aromatic heterocycles. The predicted octanol–water partition coefficient (Wildman–Crippen LogP) is -0.747. The van der Waals surface area contributed by atoms with E-state index in [1.165, 1.54) is 0 Å². The van der Waals surface area contributed by atoms with Crippen molar-refractivity contribution in [1.82, 2.24) is 15.0 Å². The molecule has 1 heterocycles. The fourth-order valence-corrected chi connectivity index (χ4v) is 0.419. The fourth-order valence-electron chi connectivity index (χ4n) is 0.419. The Hall–Kier alpha value is -1.65. The molecule has 0 saturated heterocycles. The molecule has 0 spiro atoms. The van der Waals surface area contributed by atoms with Crippen molar-refractivity contribution in [2.75, 3.05) is 0 Å². The predicted molar refractivity (Wildman–Crippen MR) is 30.2 cm³/mol. The van der Waals surface area contributed by atoms with Gasteiger partial charge in [-0.25, -0.2) is 15.0 Å². The van der Waals surface area contributed by atoms with Gasteiger partial charge in [0, 0.05) is 0 Å². The van der Waals surface area contributed by atoms with E-state index in [9.17, 15) is 9.59 Å². The van der Waals surface area contributed by atoms with Gasteiger partial charge in [0.2, 0.25) is 5.82 Å². The highest BCUT2D eigenvalue weighted by Crippen LogP contribution is 1.82. The zero-order chi connectivity index (χ0) is 7.40. The highest BCUT2D eigenvalue weighted by molar-refractivity contribution is 6.31. The summed E-state index contributed by atoms with van der Waals surface area (Å²) in [5, 5.41) is 0. The van der Waals surface area contributed by atoms with Gasteiger partial charge in [-0.1, -0.05) is 0 Å². The van der Waals surface area contributed by atoms with Crippen molar-refractivity contribution < 1.29 is 9.59 Å². The first-order chi connectivity index (χ1) is 4.84. The minimum absolute atomic E-state index is 0.120. The zero-order valence-corrected chi connectivity index (χ0v) is 4.89. The third-order valence-electron chi connectivity index (χ3n) is 0.821. The monoisotopic (exact) mass is 137 g/mol. The Bertz CT molecular complexity index is 246. The van der Waals surface area contributed by atoms with Gasteiger partial charge in [0.05, 0.1) is 0 Å². The first-order valence-corrected chi connectivity index (χ1v) is 2.46. The summed E-state index contributed by atoms with van der Waals surface area (Å²) in [6.45, 7) is 0. The van der Waals surface area contributed by atoms with Gasteiger partial charge in [0.1, 0.15) is 12.7 Å². The Morgan fingerprint density at radius 3 is 2.50 bits per heavy atom. The van der Waals surface area contributed by atoms with E-state index >= 15 is 0 Å². The van der Waals surface area contributed by atoms with Gasteiger partial charge in [0.25, 0.3) is 5.78 Å². The Labute approximate surface area is 56.1 Å². The third-order valence-corrected chi connectivity index (χ3v) is 0.821. The summed E-state index contributed by atoms with van der Waals surface area (Å²) in [4.78, 5) is 30.7. The molecule has 50 valence electrons. The number of ketones is 1. The number of aldehydes is 1. The minimum Gasteiger partial charge on any atom is -0.294 e. The molecular formula is C5H3N3O2. The maximum atomic E-state index is 10.5. The lowest BCUT2D eigenvalue weighted by molar-refractivity contribution is -0.104. The molecule has 0 atom stereocenters. The van der Waals surface area contributed by atoms with Crippen LogP contribution in [0.15, 0.2) is 12.7 Å². The van der Waals surface area contributed by atoms with E-state index < -0.39 is 5.78 Å². The Balaban J connectivity index is 2.95. The number of Topliss-reactive ketones (excluding diaryl/α,β-unsaturated/α-hetero) is 1. The second kappa shape index (κ2) is 2.77. The topological polar surface area (TPSA) is 72.8 Å². The molecule has 0 aliphatic heterocycles. The molecule has 0 aliphatic rings. The van der Waals surface area contributed by atoms with E-state index in [4.69, 9.17) is 0 Å². The van der Waals surface area contributed by atoms with Crippen LogP contribution in [0.25, 0.3) is 0 Å². The molecule has 1 aromatic rings. The summed E-state index contributed by atoms with van der Waals surface area (Å²) < 4.78 is 0. The minimum atomic E-state index is -0.734. The smallest absolute Gasteiger partial charge is 0.262 e. The Morgan fingerprint density at radius 1 is 1.40 bits per heavy atom. The van der Waals surface area contributed by atoms with Crippen molar-refractivity contribution in [3.8, 4) is 0 Å². The molecule has 0 N–H and O–H groups in total. The van der Waals surface area contributed by atoms with Crippen molar-refractivity contribution in [3.05, 3.63) is 18.5 Å². The van der Waals surface area contributed by atoms with Gasteiger partial charge in [0.15, 0.2) is 6.29 Å². The lowest BCUT2D eigenvalue weighted by atomic mass is 10.4. The van der Waals surface area contributed by atoms with Crippen LogP contribution in [0, 0.1) is 0 Å². The molecule has 0 bridgehead atoms. The van der Waals surface area contributed by atoms with Crippen molar-refractivity contribution in [2.24, 2.45) is 0 Å². The maximum Gasteiger partial charge on any atom is 0.262 e. The summed E-state index contributed by atoms with van der Waals surface area (Å²) in [7, 11) is 0. The average Bonchev–Trinajstić information content (AvgIpc) is 2.05. The van der Waals surface area contributed by atoms with Crippen molar-refractivity contribution in [3.63, 3.8) is 0 Å². The summed E-state index contributed by atoms with van der Waals surface area (Å²) >= 11 is 0. The quantitative estimate of drug-likeness (QED) is 0.304. The molecule has 0 fully saturated rings. The molecule has 0 unspecified atom stereocenters. The van der Waals surface area contributed by atoms with Gasteiger partial charge < -0.3 is 0 Å². The highest BCUT2D eigenvalue weighted by Gasteiger charge is 2.04. The van der Waals surface area contributed by atoms with Crippen molar-refractivity contribution >= 4 is 12.1 Å². The molecule has 0 aliphatic carbocycles. The number of hydrogen-bond acceptors (Lipinski definition) is 5. The second-order valence-electron chi connectivity index (χ2n) is 1.44. The van der Waals surface area contributed by atoms with E-state index in [-0.39, 0.29) is 12.1 Å². The van der Waals surface area contributed by atoms with Crippen LogP contribution in [0.4, 0.5) is 0 Å².